The Bertz CT molecular complexity index is 1570. The van der Waals surface area contributed by atoms with E-state index in [2.05, 4.69) is 10.3 Å². The van der Waals surface area contributed by atoms with Crippen LogP contribution in [0.25, 0.3) is 0 Å². The van der Waals surface area contributed by atoms with Gasteiger partial charge in [-0.15, -0.1) is 0 Å². The molecule has 1 amide bonds. The quantitative estimate of drug-likeness (QED) is 0.108. The first-order chi connectivity index (χ1) is 20.2. The zero-order chi connectivity index (χ0) is 30.0. The van der Waals surface area contributed by atoms with Crippen LogP contribution in [0.1, 0.15) is 45.9 Å². The summed E-state index contributed by atoms with van der Waals surface area (Å²) in [5.41, 5.74) is 0.445. The number of nitrogens with one attached hydrogen (secondary N) is 1. The predicted octanol–water partition coefficient (Wildman–Crippen LogP) is 6.20. The van der Waals surface area contributed by atoms with Gasteiger partial charge in [-0.25, -0.2) is 26.9 Å². The summed E-state index contributed by atoms with van der Waals surface area (Å²) < 4.78 is 83.4. The molecule has 2 heterocycles. The summed E-state index contributed by atoms with van der Waals surface area (Å²) in [6, 6.07) is 13.3. The molecule has 42 heavy (non-hydrogen) atoms. The highest BCUT2D eigenvalue weighted by Crippen LogP contribution is 2.40. The van der Waals surface area contributed by atoms with E-state index >= 15 is 0 Å². The molecule has 1 saturated heterocycles. The number of nitrogens with zero attached hydrogens (tertiary/aromatic N) is 2. The average Bonchev–Trinajstić information content (AvgIpc) is 3.42. The zero-order valence-corrected chi connectivity index (χ0v) is 22.8. The van der Waals surface area contributed by atoms with E-state index in [1.165, 1.54) is 30.0 Å². The van der Waals surface area contributed by atoms with Gasteiger partial charge >= 0.3 is 0 Å². The third-order valence-corrected chi connectivity index (χ3v) is 7.83. The molecule has 0 spiro atoms. The molecule has 3 atom stereocenters. The molecule has 3 aromatic carbocycles. The van der Waals surface area contributed by atoms with Crippen LogP contribution in [0.15, 0.2) is 66.1 Å². The highest BCUT2D eigenvalue weighted by molar-refractivity contribution is 7.99. The van der Waals surface area contributed by atoms with Gasteiger partial charge in [0.25, 0.3) is 5.91 Å². The van der Waals surface area contributed by atoms with Gasteiger partial charge in [-0.3, -0.25) is 4.79 Å². The van der Waals surface area contributed by atoms with Crippen LogP contribution in [0.5, 0.6) is 0 Å². The molecule has 1 aliphatic heterocycles. The molecular formula is C29H24F5N3O4S. The first kappa shape index (κ1) is 29.7. The number of amides is 1. The van der Waals surface area contributed by atoms with Crippen LogP contribution in [0.3, 0.4) is 0 Å². The van der Waals surface area contributed by atoms with Crippen LogP contribution in [-0.4, -0.2) is 32.4 Å². The molecular weight excluding hydrogens is 581 g/mol. The van der Waals surface area contributed by atoms with Crippen molar-refractivity contribution in [2.45, 2.75) is 36.7 Å². The first-order valence-corrected chi connectivity index (χ1v) is 13.7. The number of aryl methyl sites for hydroxylation is 1. The number of hydrogen-bond acceptors (Lipinski definition) is 6. The van der Waals surface area contributed by atoms with E-state index in [-0.39, 0.29) is 18.4 Å². The SMILES string of the molecule is Cn1ccnc1SC[C@H]1C[C@@H](c2ccc(CO)cc2)O[C@@H](c2cccc(NC(=O)c3c(F)c(F)c(F)c(F)c3F)c2)O1. The lowest BCUT2D eigenvalue weighted by molar-refractivity contribution is -0.245. The van der Waals surface area contributed by atoms with E-state index in [1.807, 2.05) is 29.9 Å². The van der Waals surface area contributed by atoms with Crippen molar-refractivity contribution in [3.05, 3.63) is 112 Å². The van der Waals surface area contributed by atoms with E-state index in [9.17, 15) is 31.9 Å². The molecule has 7 nitrogen and oxygen atoms in total. The smallest absolute Gasteiger partial charge is 0.261 e. The second-order valence-corrected chi connectivity index (χ2v) is 10.5. The standard InChI is InChI=1S/C29H24F5N3O4S/c1-37-10-9-35-29(37)42-14-19-12-20(16-7-5-15(13-38)6-8-16)41-28(40-19)17-3-2-4-18(11-17)36-27(39)21-22(30)24(32)26(34)25(33)23(21)31/h2-11,19-20,28,38H,12-14H2,1H3,(H,36,39)/t19-,20+,28+/m1/s1. The van der Waals surface area contributed by atoms with Crippen LogP contribution in [0.2, 0.25) is 0 Å². The number of carbonyl (C=O) groups excluding carboxylic acids is 1. The number of aromatic nitrogens is 2. The largest absolute Gasteiger partial charge is 0.392 e. The van der Waals surface area contributed by atoms with Crippen molar-refractivity contribution in [1.82, 2.24) is 9.55 Å². The van der Waals surface area contributed by atoms with Crippen molar-refractivity contribution in [3.63, 3.8) is 0 Å². The molecule has 13 heteroatoms. The minimum absolute atomic E-state index is 0.0157. The number of thioether (sulfide) groups is 1. The fraction of sp³-hybridized carbons (Fsp3) is 0.241. The summed E-state index contributed by atoms with van der Waals surface area (Å²) in [6.07, 6.45) is 2.37. The van der Waals surface area contributed by atoms with Crippen LogP contribution >= 0.6 is 11.8 Å². The average molecular weight is 606 g/mol. The normalized spacial score (nSPS) is 18.7. The Morgan fingerprint density at radius 3 is 2.33 bits per heavy atom. The van der Waals surface area contributed by atoms with E-state index in [4.69, 9.17) is 9.47 Å². The summed E-state index contributed by atoms with van der Waals surface area (Å²) in [5.74, 6) is -12.2. The van der Waals surface area contributed by atoms with Crippen LogP contribution < -0.4 is 5.32 Å². The van der Waals surface area contributed by atoms with Crippen LogP contribution in [0, 0.1) is 29.1 Å². The van der Waals surface area contributed by atoms with Crippen molar-refractivity contribution in [2.24, 2.45) is 7.05 Å². The Labute approximate surface area is 241 Å². The first-order valence-electron chi connectivity index (χ1n) is 12.7. The number of ether oxygens (including phenoxy) is 2. The summed E-state index contributed by atoms with van der Waals surface area (Å²) in [4.78, 5) is 16.9. The molecule has 220 valence electrons. The minimum Gasteiger partial charge on any atom is -0.392 e. The van der Waals surface area contributed by atoms with Crippen LogP contribution in [-0.2, 0) is 23.1 Å². The lowest BCUT2D eigenvalue weighted by atomic mass is 10.0. The van der Waals surface area contributed by atoms with Gasteiger partial charge in [0.2, 0.25) is 5.82 Å². The zero-order valence-electron chi connectivity index (χ0n) is 22.0. The van der Waals surface area contributed by atoms with Crippen LogP contribution in [0.4, 0.5) is 27.6 Å². The van der Waals surface area contributed by atoms with Gasteiger partial charge in [-0.2, -0.15) is 0 Å². The fourth-order valence-corrected chi connectivity index (χ4v) is 5.39. The molecule has 4 aromatic rings. The molecule has 0 unspecified atom stereocenters. The van der Waals surface area contributed by atoms with E-state index in [1.54, 1.807) is 24.4 Å². The van der Waals surface area contributed by atoms with Crippen molar-refractivity contribution >= 4 is 23.4 Å². The van der Waals surface area contributed by atoms with Crippen molar-refractivity contribution < 1.29 is 41.3 Å². The molecule has 0 bridgehead atoms. The fourth-order valence-electron chi connectivity index (χ4n) is 4.44. The maximum Gasteiger partial charge on any atom is 0.261 e. The molecule has 0 saturated carbocycles. The number of carbonyl (C=O) groups is 1. The number of imidazole rings is 1. The van der Waals surface area contributed by atoms with Gasteiger partial charge in [-0.1, -0.05) is 48.2 Å². The summed E-state index contributed by atoms with van der Waals surface area (Å²) in [6.45, 7) is -0.107. The minimum atomic E-state index is -2.36. The lowest BCUT2D eigenvalue weighted by Crippen LogP contribution is -2.31. The highest BCUT2D eigenvalue weighted by Gasteiger charge is 2.33. The highest BCUT2D eigenvalue weighted by atomic mass is 32.2. The van der Waals surface area contributed by atoms with Gasteiger partial charge < -0.3 is 24.5 Å². The third kappa shape index (κ3) is 6.19. The second-order valence-electron chi connectivity index (χ2n) is 9.51. The second kappa shape index (κ2) is 12.6. The molecule has 5 rings (SSSR count). The van der Waals surface area contributed by atoms with E-state index in [0.717, 1.165) is 16.3 Å². The Morgan fingerprint density at radius 2 is 1.69 bits per heavy atom. The van der Waals surface area contributed by atoms with Gasteiger partial charge in [-0.05, 0) is 23.3 Å². The van der Waals surface area contributed by atoms with Gasteiger partial charge in [0.1, 0.15) is 5.56 Å². The third-order valence-electron chi connectivity index (χ3n) is 6.64. The number of hydrogen-bond donors (Lipinski definition) is 2. The summed E-state index contributed by atoms with van der Waals surface area (Å²) in [7, 11) is 1.88. The van der Waals surface area contributed by atoms with Gasteiger partial charge in [0.05, 0.1) is 18.8 Å². The van der Waals surface area contributed by atoms with Crippen molar-refractivity contribution in [2.75, 3.05) is 11.1 Å². The lowest BCUT2D eigenvalue weighted by Gasteiger charge is -2.36. The predicted molar refractivity (Wildman–Crippen MR) is 143 cm³/mol. The molecule has 0 aliphatic carbocycles. The molecule has 2 N–H and O–H groups in total. The maximum absolute atomic E-state index is 14.2. The van der Waals surface area contributed by atoms with E-state index in [0.29, 0.717) is 17.7 Å². The van der Waals surface area contributed by atoms with Crippen molar-refractivity contribution in [3.8, 4) is 0 Å². The number of benzene rings is 3. The molecule has 0 radical (unpaired) electrons. The number of halogens is 5. The van der Waals surface area contributed by atoms with E-state index < -0.39 is 53.0 Å². The van der Waals surface area contributed by atoms with Gasteiger partial charge in [0, 0.05) is 42.9 Å². The topological polar surface area (TPSA) is 85.6 Å². The number of aliphatic hydroxyl groups excluding tert-OH is 1. The maximum atomic E-state index is 14.2. The van der Waals surface area contributed by atoms with Crippen molar-refractivity contribution in [1.29, 1.82) is 0 Å². The molecule has 1 aliphatic rings. The Balaban J connectivity index is 1.39. The monoisotopic (exact) mass is 605 g/mol. The summed E-state index contributed by atoms with van der Waals surface area (Å²) in [5, 5.41) is 12.4. The molecule has 1 fully saturated rings. The Hall–Kier alpha value is -3.78. The molecule has 1 aromatic heterocycles. The Morgan fingerprint density at radius 1 is 1.00 bits per heavy atom. The number of aliphatic hydroxyl groups is 1. The number of rotatable bonds is 8. The number of anilines is 1. The van der Waals surface area contributed by atoms with Gasteiger partial charge in [0.15, 0.2) is 34.7 Å². The Kier molecular flexibility index (Phi) is 8.92. The summed E-state index contributed by atoms with van der Waals surface area (Å²) >= 11 is 1.50.